The SMILES string of the molecule is Nc1nsc(NCc2cscn2)c1-c1cccnc1. The summed E-state index contributed by atoms with van der Waals surface area (Å²) in [6, 6.07) is 3.86. The van der Waals surface area contributed by atoms with Gasteiger partial charge in [0.1, 0.15) is 10.8 Å². The van der Waals surface area contributed by atoms with Gasteiger partial charge in [-0.1, -0.05) is 6.07 Å². The number of aromatic nitrogens is 3. The van der Waals surface area contributed by atoms with Gasteiger partial charge in [-0.3, -0.25) is 4.98 Å². The van der Waals surface area contributed by atoms with E-state index in [0.29, 0.717) is 12.4 Å². The Kier molecular flexibility index (Phi) is 3.39. The number of nitrogen functional groups attached to an aromatic ring is 1. The number of thiazole rings is 1. The Hall–Kier alpha value is -1.99. The number of nitrogens with zero attached hydrogens (tertiary/aromatic N) is 3. The van der Waals surface area contributed by atoms with Gasteiger partial charge in [-0.25, -0.2) is 4.98 Å². The molecule has 7 heteroatoms. The van der Waals surface area contributed by atoms with Gasteiger partial charge in [0.05, 0.1) is 23.3 Å². The molecule has 3 N–H and O–H groups in total. The van der Waals surface area contributed by atoms with Gasteiger partial charge in [0.15, 0.2) is 0 Å². The first-order valence-corrected chi connectivity index (χ1v) is 7.32. The van der Waals surface area contributed by atoms with Gasteiger partial charge in [0.2, 0.25) is 0 Å². The number of nitrogens with one attached hydrogen (secondary N) is 1. The maximum absolute atomic E-state index is 5.94. The summed E-state index contributed by atoms with van der Waals surface area (Å²) in [5.41, 5.74) is 10.6. The predicted molar refractivity (Wildman–Crippen MR) is 79.2 cm³/mol. The number of pyridine rings is 1. The van der Waals surface area contributed by atoms with Crippen molar-refractivity contribution in [2.24, 2.45) is 0 Å². The minimum Gasteiger partial charge on any atom is -0.382 e. The Morgan fingerprint density at radius 3 is 3.05 bits per heavy atom. The molecule has 3 aromatic heterocycles. The molecule has 5 nitrogen and oxygen atoms in total. The van der Waals surface area contributed by atoms with E-state index < -0.39 is 0 Å². The van der Waals surface area contributed by atoms with Crippen LogP contribution >= 0.6 is 22.9 Å². The largest absolute Gasteiger partial charge is 0.382 e. The Bertz CT molecular complexity index is 648. The van der Waals surface area contributed by atoms with E-state index in [1.807, 2.05) is 23.0 Å². The summed E-state index contributed by atoms with van der Waals surface area (Å²) >= 11 is 2.94. The van der Waals surface area contributed by atoms with E-state index in [2.05, 4.69) is 19.7 Å². The summed E-state index contributed by atoms with van der Waals surface area (Å²) < 4.78 is 4.20. The third-order valence-electron chi connectivity index (χ3n) is 2.58. The van der Waals surface area contributed by atoms with Crippen LogP contribution < -0.4 is 11.1 Å². The lowest BCUT2D eigenvalue weighted by molar-refractivity contribution is 1.08. The second-order valence-corrected chi connectivity index (χ2v) is 5.34. The molecule has 0 aromatic carbocycles. The first kappa shape index (κ1) is 12.1. The van der Waals surface area contributed by atoms with E-state index >= 15 is 0 Å². The van der Waals surface area contributed by atoms with E-state index in [1.54, 1.807) is 23.7 Å². The maximum Gasteiger partial charge on any atom is 0.147 e. The fraction of sp³-hybridized carbons (Fsp3) is 0.0833. The highest BCUT2D eigenvalue weighted by Crippen LogP contribution is 2.36. The van der Waals surface area contributed by atoms with Crippen molar-refractivity contribution in [3.05, 3.63) is 41.1 Å². The molecule has 3 aromatic rings. The molecule has 0 amide bonds. The molecule has 0 aliphatic carbocycles. The van der Waals surface area contributed by atoms with Crippen molar-refractivity contribution < 1.29 is 0 Å². The molecule has 0 aliphatic rings. The van der Waals surface area contributed by atoms with Crippen LogP contribution in [0.3, 0.4) is 0 Å². The zero-order valence-corrected chi connectivity index (χ0v) is 11.5. The van der Waals surface area contributed by atoms with Gasteiger partial charge in [-0.05, 0) is 17.6 Å². The van der Waals surface area contributed by atoms with Crippen molar-refractivity contribution in [1.29, 1.82) is 0 Å². The number of hydrogen-bond donors (Lipinski definition) is 2. The van der Waals surface area contributed by atoms with Crippen LogP contribution in [-0.4, -0.2) is 14.3 Å². The van der Waals surface area contributed by atoms with Gasteiger partial charge < -0.3 is 11.1 Å². The topological polar surface area (TPSA) is 76.7 Å². The molecule has 0 atom stereocenters. The smallest absolute Gasteiger partial charge is 0.147 e. The number of rotatable bonds is 4. The molecule has 0 bridgehead atoms. The monoisotopic (exact) mass is 289 g/mol. The Morgan fingerprint density at radius 2 is 2.32 bits per heavy atom. The summed E-state index contributed by atoms with van der Waals surface area (Å²) in [6.45, 7) is 0.665. The van der Waals surface area contributed by atoms with Crippen LogP contribution in [0.5, 0.6) is 0 Å². The zero-order chi connectivity index (χ0) is 13.1. The van der Waals surface area contributed by atoms with Crippen LogP contribution in [0.1, 0.15) is 5.69 Å². The highest BCUT2D eigenvalue weighted by molar-refractivity contribution is 7.11. The molecule has 0 aliphatic heterocycles. The van der Waals surface area contributed by atoms with Crippen molar-refractivity contribution in [2.45, 2.75) is 6.54 Å². The minimum atomic E-state index is 0.527. The average Bonchev–Trinajstić information content (AvgIpc) is 3.07. The molecule has 0 saturated carbocycles. The molecule has 0 radical (unpaired) electrons. The fourth-order valence-electron chi connectivity index (χ4n) is 1.71. The van der Waals surface area contributed by atoms with E-state index in [9.17, 15) is 0 Å². The van der Waals surface area contributed by atoms with E-state index in [4.69, 9.17) is 5.73 Å². The van der Waals surface area contributed by atoms with Gasteiger partial charge in [0.25, 0.3) is 0 Å². The highest BCUT2D eigenvalue weighted by atomic mass is 32.1. The van der Waals surface area contributed by atoms with Gasteiger partial charge >= 0.3 is 0 Å². The third-order valence-corrected chi connectivity index (χ3v) is 4.04. The van der Waals surface area contributed by atoms with Crippen LogP contribution in [0.15, 0.2) is 35.4 Å². The molecule has 0 spiro atoms. The lowest BCUT2D eigenvalue weighted by atomic mass is 10.1. The first-order chi connectivity index (χ1) is 9.34. The lowest BCUT2D eigenvalue weighted by Crippen LogP contribution is -1.99. The van der Waals surface area contributed by atoms with Gasteiger partial charge in [-0.15, -0.1) is 11.3 Å². The molecule has 19 heavy (non-hydrogen) atoms. The van der Waals surface area contributed by atoms with E-state index in [-0.39, 0.29) is 0 Å². The summed E-state index contributed by atoms with van der Waals surface area (Å²) in [4.78, 5) is 8.35. The van der Waals surface area contributed by atoms with Crippen LogP contribution in [0.25, 0.3) is 11.1 Å². The molecular weight excluding hydrogens is 278 g/mol. The van der Waals surface area contributed by atoms with E-state index in [0.717, 1.165) is 21.8 Å². The Balaban J connectivity index is 1.87. The second-order valence-electron chi connectivity index (χ2n) is 3.85. The van der Waals surface area contributed by atoms with Crippen molar-refractivity contribution in [3.8, 4) is 11.1 Å². The van der Waals surface area contributed by atoms with Crippen molar-refractivity contribution in [1.82, 2.24) is 14.3 Å². The average molecular weight is 289 g/mol. The normalized spacial score (nSPS) is 10.5. The van der Waals surface area contributed by atoms with Gasteiger partial charge in [-0.2, -0.15) is 4.37 Å². The van der Waals surface area contributed by atoms with Crippen molar-refractivity contribution in [3.63, 3.8) is 0 Å². The summed E-state index contributed by atoms with van der Waals surface area (Å²) in [5, 5.41) is 6.29. The molecular formula is C12H11N5S2. The van der Waals surface area contributed by atoms with Crippen LogP contribution in [0, 0.1) is 0 Å². The standard InChI is InChI=1S/C12H11N5S2/c13-11-10(8-2-1-3-14-4-8)12(19-17-11)15-5-9-6-18-7-16-9/h1-4,6-7,15H,5H2,(H2,13,17). The van der Waals surface area contributed by atoms with Crippen LogP contribution in [-0.2, 0) is 6.54 Å². The quantitative estimate of drug-likeness (QED) is 0.772. The Labute approximate surface area is 118 Å². The summed E-state index contributed by atoms with van der Waals surface area (Å²) in [6.07, 6.45) is 3.52. The number of anilines is 2. The molecule has 0 fully saturated rings. The lowest BCUT2D eigenvalue weighted by Gasteiger charge is -2.05. The predicted octanol–water partition coefficient (Wildman–Crippen LogP) is 2.86. The maximum atomic E-state index is 5.94. The van der Waals surface area contributed by atoms with E-state index in [1.165, 1.54) is 11.5 Å². The molecule has 0 unspecified atom stereocenters. The van der Waals surface area contributed by atoms with Crippen LogP contribution in [0.4, 0.5) is 10.8 Å². The van der Waals surface area contributed by atoms with Crippen molar-refractivity contribution >= 4 is 33.7 Å². The zero-order valence-electron chi connectivity index (χ0n) is 9.91. The molecule has 3 heterocycles. The Morgan fingerprint density at radius 1 is 1.37 bits per heavy atom. The number of hydrogen-bond acceptors (Lipinski definition) is 7. The second kappa shape index (κ2) is 5.33. The number of nitrogens with two attached hydrogens (primary N) is 1. The van der Waals surface area contributed by atoms with Crippen molar-refractivity contribution in [2.75, 3.05) is 11.1 Å². The molecule has 0 saturated heterocycles. The van der Waals surface area contributed by atoms with Gasteiger partial charge in [0, 0.05) is 23.3 Å². The molecule has 96 valence electrons. The summed E-state index contributed by atoms with van der Waals surface area (Å²) in [7, 11) is 0. The molecule has 3 rings (SSSR count). The summed E-state index contributed by atoms with van der Waals surface area (Å²) in [5.74, 6) is 0.527. The minimum absolute atomic E-state index is 0.527. The first-order valence-electron chi connectivity index (χ1n) is 5.61. The van der Waals surface area contributed by atoms with Crippen LogP contribution in [0.2, 0.25) is 0 Å². The fourth-order valence-corrected chi connectivity index (χ4v) is 3.00. The third kappa shape index (κ3) is 2.56. The highest BCUT2D eigenvalue weighted by Gasteiger charge is 2.13.